The second-order valence-electron chi connectivity index (χ2n) is 3.76. The van der Waals surface area contributed by atoms with E-state index >= 15 is 0 Å². The van der Waals surface area contributed by atoms with E-state index in [0.29, 0.717) is 22.2 Å². The summed E-state index contributed by atoms with van der Waals surface area (Å²) in [5, 5.41) is 0.494. The molecule has 2 aromatic rings. The zero-order valence-electron chi connectivity index (χ0n) is 9.58. The summed E-state index contributed by atoms with van der Waals surface area (Å²) >= 11 is 11.6. The Kier molecular flexibility index (Phi) is 4.04. The van der Waals surface area contributed by atoms with Gasteiger partial charge < -0.3 is 4.74 Å². The van der Waals surface area contributed by atoms with Crippen LogP contribution in [-0.4, -0.2) is 4.98 Å². The Morgan fingerprint density at radius 1 is 1.33 bits per heavy atom. The van der Waals surface area contributed by atoms with Crippen molar-refractivity contribution in [3.63, 3.8) is 0 Å². The maximum Gasteiger partial charge on any atom is 0.219 e. The zero-order valence-corrected chi connectivity index (χ0v) is 11.1. The van der Waals surface area contributed by atoms with Crippen LogP contribution < -0.4 is 4.74 Å². The molecule has 5 heteroatoms. The van der Waals surface area contributed by atoms with Gasteiger partial charge in [0.2, 0.25) is 5.88 Å². The summed E-state index contributed by atoms with van der Waals surface area (Å²) < 4.78 is 18.5. The Morgan fingerprint density at radius 3 is 2.78 bits per heavy atom. The van der Waals surface area contributed by atoms with Gasteiger partial charge in [0, 0.05) is 18.1 Å². The van der Waals surface area contributed by atoms with Gasteiger partial charge in [-0.1, -0.05) is 11.6 Å². The first-order valence-electron chi connectivity index (χ1n) is 5.24. The van der Waals surface area contributed by atoms with Gasteiger partial charge in [-0.3, -0.25) is 0 Å². The van der Waals surface area contributed by atoms with Gasteiger partial charge in [0.05, 0.1) is 5.02 Å². The van der Waals surface area contributed by atoms with Crippen LogP contribution in [0.15, 0.2) is 30.5 Å². The van der Waals surface area contributed by atoms with Crippen LogP contribution in [0.3, 0.4) is 0 Å². The molecule has 0 N–H and O–H groups in total. The van der Waals surface area contributed by atoms with E-state index in [2.05, 4.69) is 4.98 Å². The summed E-state index contributed by atoms with van der Waals surface area (Å²) in [6.07, 6.45) is 1.48. The van der Waals surface area contributed by atoms with E-state index in [1.807, 2.05) is 0 Å². The Balaban J connectivity index is 2.28. The molecule has 1 aromatic heterocycles. The number of aryl methyl sites for hydroxylation is 1. The lowest BCUT2D eigenvalue weighted by Crippen LogP contribution is -1.93. The third-order valence-electron chi connectivity index (χ3n) is 2.41. The number of rotatable bonds is 3. The van der Waals surface area contributed by atoms with Gasteiger partial charge in [0.1, 0.15) is 11.6 Å². The maximum atomic E-state index is 13.0. The van der Waals surface area contributed by atoms with Gasteiger partial charge in [-0.05, 0) is 36.2 Å². The fourth-order valence-electron chi connectivity index (χ4n) is 1.46. The quantitative estimate of drug-likeness (QED) is 0.762. The van der Waals surface area contributed by atoms with Crippen LogP contribution in [0.4, 0.5) is 4.39 Å². The molecule has 0 aliphatic heterocycles. The lowest BCUT2D eigenvalue weighted by atomic mass is 10.2. The molecule has 1 aromatic carbocycles. The third kappa shape index (κ3) is 2.92. The highest BCUT2D eigenvalue weighted by molar-refractivity contribution is 6.32. The molecule has 0 aliphatic rings. The second kappa shape index (κ2) is 5.55. The molecule has 0 fully saturated rings. The number of aromatic nitrogens is 1. The molecule has 0 spiro atoms. The Morgan fingerprint density at radius 2 is 2.11 bits per heavy atom. The van der Waals surface area contributed by atoms with Crippen molar-refractivity contribution < 1.29 is 9.13 Å². The highest BCUT2D eigenvalue weighted by Crippen LogP contribution is 2.27. The van der Waals surface area contributed by atoms with Gasteiger partial charge in [-0.15, -0.1) is 11.6 Å². The zero-order chi connectivity index (χ0) is 13.1. The predicted molar refractivity (Wildman–Crippen MR) is 70.0 cm³/mol. The van der Waals surface area contributed by atoms with Crippen LogP contribution >= 0.6 is 23.2 Å². The first kappa shape index (κ1) is 13.1. The van der Waals surface area contributed by atoms with E-state index < -0.39 is 0 Å². The van der Waals surface area contributed by atoms with Crippen LogP contribution in [0.25, 0.3) is 0 Å². The summed E-state index contributed by atoms with van der Waals surface area (Å²) in [5.41, 5.74) is 1.43. The monoisotopic (exact) mass is 285 g/mol. The van der Waals surface area contributed by atoms with E-state index in [1.54, 1.807) is 19.1 Å². The van der Waals surface area contributed by atoms with Crippen molar-refractivity contribution in [1.29, 1.82) is 0 Å². The molecule has 94 valence electrons. The normalized spacial score (nSPS) is 10.4. The number of benzene rings is 1. The van der Waals surface area contributed by atoms with Crippen molar-refractivity contribution in [3.8, 4) is 11.6 Å². The molecule has 2 nitrogen and oxygen atoms in total. The van der Waals surface area contributed by atoms with Gasteiger partial charge >= 0.3 is 0 Å². The standard InChI is InChI=1S/C13H10Cl2FNO/c1-8-4-10(16)2-3-12(8)18-13-5-9(6-14)11(15)7-17-13/h2-5,7H,6H2,1H3. The fourth-order valence-corrected chi connectivity index (χ4v) is 1.92. The number of alkyl halides is 1. The van der Waals surface area contributed by atoms with E-state index in [-0.39, 0.29) is 11.7 Å². The van der Waals surface area contributed by atoms with E-state index in [1.165, 1.54) is 18.3 Å². The average Bonchev–Trinajstić information content (AvgIpc) is 2.35. The van der Waals surface area contributed by atoms with Gasteiger partial charge in [0.15, 0.2) is 0 Å². The van der Waals surface area contributed by atoms with Crippen molar-refractivity contribution in [2.75, 3.05) is 0 Å². The van der Waals surface area contributed by atoms with Gasteiger partial charge in [-0.2, -0.15) is 0 Å². The smallest absolute Gasteiger partial charge is 0.219 e. The van der Waals surface area contributed by atoms with E-state index in [9.17, 15) is 4.39 Å². The van der Waals surface area contributed by atoms with Crippen molar-refractivity contribution in [3.05, 3.63) is 52.4 Å². The molecule has 0 radical (unpaired) electrons. The largest absolute Gasteiger partial charge is 0.439 e. The molecule has 0 saturated carbocycles. The number of hydrogen-bond acceptors (Lipinski definition) is 2. The van der Waals surface area contributed by atoms with Crippen LogP contribution in [0.2, 0.25) is 5.02 Å². The van der Waals surface area contributed by atoms with Crippen LogP contribution in [0.5, 0.6) is 11.6 Å². The minimum atomic E-state index is -0.301. The maximum absolute atomic E-state index is 13.0. The minimum absolute atomic E-state index is 0.278. The number of halogens is 3. The van der Waals surface area contributed by atoms with Crippen molar-refractivity contribution in [1.82, 2.24) is 4.98 Å². The number of ether oxygens (including phenoxy) is 1. The number of pyridine rings is 1. The summed E-state index contributed by atoms with van der Waals surface area (Å²) in [6.45, 7) is 1.76. The summed E-state index contributed by atoms with van der Waals surface area (Å²) in [4.78, 5) is 4.04. The summed E-state index contributed by atoms with van der Waals surface area (Å²) in [6, 6.07) is 5.95. The average molecular weight is 286 g/mol. The Hall–Kier alpha value is -1.32. The van der Waals surface area contributed by atoms with Crippen LogP contribution in [0, 0.1) is 12.7 Å². The summed E-state index contributed by atoms with van der Waals surface area (Å²) in [5.74, 6) is 0.905. The lowest BCUT2D eigenvalue weighted by molar-refractivity contribution is 0.457. The highest BCUT2D eigenvalue weighted by atomic mass is 35.5. The van der Waals surface area contributed by atoms with Gasteiger partial charge in [0.25, 0.3) is 0 Å². The molecule has 0 saturated heterocycles. The van der Waals surface area contributed by atoms with Crippen molar-refractivity contribution in [2.45, 2.75) is 12.8 Å². The predicted octanol–water partition coefficient (Wildman–Crippen LogP) is 4.71. The molecular weight excluding hydrogens is 276 g/mol. The summed E-state index contributed by atoms with van der Waals surface area (Å²) in [7, 11) is 0. The van der Waals surface area contributed by atoms with Crippen molar-refractivity contribution in [2.24, 2.45) is 0 Å². The van der Waals surface area contributed by atoms with E-state index in [4.69, 9.17) is 27.9 Å². The van der Waals surface area contributed by atoms with E-state index in [0.717, 1.165) is 5.56 Å². The number of hydrogen-bond donors (Lipinski definition) is 0. The van der Waals surface area contributed by atoms with Gasteiger partial charge in [-0.25, -0.2) is 9.37 Å². The molecule has 0 unspecified atom stereocenters. The molecule has 18 heavy (non-hydrogen) atoms. The SMILES string of the molecule is Cc1cc(F)ccc1Oc1cc(CCl)c(Cl)cn1. The topological polar surface area (TPSA) is 22.1 Å². The van der Waals surface area contributed by atoms with Crippen molar-refractivity contribution >= 4 is 23.2 Å². The third-order valence-corrected chi connectivity index (χ3v) is 3.03. The Bertz CT molecular complexity index is 575. The molecule has 1 heterocycles. The highest BCUT2D eigenvalue weighted by Gasteiger charge is 2.07. The van der Waals surface area contributed by atoms with Crippen LogP contribution in [-0.2, 0) is 5.88 Å². The molecule has 2 rings (SSSR count). The van der Waals surface area contributed by atoms with Crippen LogP contribution in [0.1, 0.15) is 11.1 Å². The number of nitrogens with zero attached hydrogens (tertiary/aromatic N) is 1. The molecular formula is C13H10Cl2FNO. The molecule has 0 atom stereocenters. The molecule has 0 aliphatic carbocycles. The first-order chi connectivity index (χ1) is 8.60. The molecule has 0 bridgehead atoms. The second-order valence-corrected chi connectivity index (χ2v) is 4.43. The molecule has 0 amide bonds. The first-order valence-corrected chi connectivity index (χ1v) is 6.16. The minimum Gasteiger partial charge on any atom is -0.439 e. The Labute approximate surface area is 114 Å². The fraction of sp³-hybridized carbons (Fsp3) is 0.154. The lowest BCUT2D eigenvalue weighted by Gasteiger charge is -2.09.